The van der Waals surface area contributed by atoms with E-state index in [2.05, 4.69) is 18.2 Å². The highest BCUT2D eigenvalue weighted by Gasteiger charge is 2.23. The van der Waals surface area contributed by atoms with Crippen molar-refractivity contribution in [3.05, 3.63) is 29.3 Å². The Bertz CT molecular complexity index is 464. The molecule has 0 spiro atoms. The number of ether oxygens (including phenoxy) is 1. The van der Waals surface area contributed by atoms with Gasteiger partial charge in [0.15, 0.2) is 0 Å². The Morgan fingerprint density at radius 2 is 1.89 bits per heavy atom. The monoisotopic (exact) mass is 258 g/mol. The number of Topliss-reactive ketones (excluding diaryl/α,β-unsaturated/α-hetero) is 1. The summed E-state index contributed by atoms with van der Waals surface area (Å²) in [6, 6.07) is 6.50. The lowest BCUT2D eigenvalue weighted by atomic mass is 9.92. The van der Waals surface area contributed by atoms with Crippen molar-refractivity contribution in [3.8, 4) is 5.75 Å². The van der Waals surface area contributed by atoms with Gasteiger partial charge in [0.2, 0.25) is 0 Å². The molecule has 0 bridgehead atoms. The van der Waals surface area contributed by atoms with Crippen LogP contribution in [0.5, 0.6) is 5.75 Å². The van der Waals surface area contributed by atoms with Gasteiger partial charge in [-0.15, -0.1) is 0 Å². The number of carbonyl (C=O) groups excluding carboxylic acids is 1. The lowest BCUT2D eigenvalue weighted by Crippen LogP contribution is -2.11. The highest BCUT2D eigenvalue weighted by atomic mass is 16.5. The van der Waals surface area contributed by atoms with Crippen LogP contribution in [-0.2, 0) is 17.6 Å². The van der Waals surface area contributed by atoms with Crippen LogP contribution < -0.4 is 4.74 Å². The lowest BCUT2D eigenvalue weighted by molar-refractivity contribution is -0.121. The predicted molar refractivity (Wildman–Crippen MR) is 75.5 cm³/mol. The average Bonchev–Trinajstić information content (AvgIpc) is 2.84. The highest BCUT2D eigenvalue weighted by Crippen LogP contribution is 2.27. The van der Waals surface area contributed by atoms with E-state index in [1.807, 2.05) is 0 Å². The van der Waals surface area contributed by atoms with Crippen LogP contribution in [0.3, 0.4) is 0 Å². The fourth-order valence-corrected chi connectivity index (χ4v) is 3.31. The van der Waals surface area contributed by atoms with Crippen molar-refractivity contribution in [2.45, 2.75) is 51.4 Å². The van der Waals surface area contributed by atoms with E-state index in [4.69, 9.17) is 4.74 Å². The largest absolute Gasteiger partial charge is 0.494 e. The van der Waals surface area contributed by atoms with Crippen LogP contribution in [0.2, 0.25) is 0 Å². The number of hydrogen-bond donors (Lipinski definition) is 0. The van der Waals surface area contributed by atoms with Crippen LogP contribution in [-0.4, -0.2) is 12.4 Å². The normalized spacial score (nSPS) is 22.3. The number of aryl methyl sites for hydroxylation is 2. The Hall–Kier alpha value is -1.31. The van der Waals surface area contributed by atoms with E-state index in [9.17, 15) is 4.79 Å². The van der Waals surface area contributed by atoms with Gasteiger partial charge in [-0.05, 0) is 68.2 Å². The summed E-state index contributed by atoms with van der Waals surface area (Å²) in [6.45, 7) is 0.676. The Labute approximate surface area is 115 Å². The molecule has 102 valence electrons. The molecule has 1 atom stereocenters. The number of ketones is 1. The maximum atomic E-state index is 11.6. The minimum Gasteiger partial charge on any atom is -0.494 e. The molecule has 0 heterocycles. The molecule has 1 aromatic carbocycles. The average molecular weight is 258 g/mol. The number of benzene rings is 1. The summed E-state index contributed by atoms with van der Waals surface area (Å²) in [5, 5.41) is 0. The van der Waals surface area contributed by atoms with E-state index in [1.54, 1.807) is 0 Å². The molecule has 0 amide bonds. The third kappa shape index (κ3) is 2.99. The summed E-state index contributed by atoms with van der Waals surface area (Å²) in [6.07, 6.45) is 8.82. The van der Waals surface area contributed by atoms with E-state index < -0.39 is 0 Å². The van der Waals surface area contributed by atoms with Crippen LogP contribution in [0.25, 0.3) is 0 Å². The second kappa shape index (κ2) is 5.77. The van der Waals surface area contributed by atoms with E-state index in [-0.39, 0.29) is 5.92 Å². The Morgan fingerprint density at radius 1 is 1.05 bits per heavy atom. The number of carbonyl (C=O) groups is 1. The first-order valence-electron chi connectivity index (χ1n) is 7.60. The van der Waals surface area contributed by atoms with Gasteiger partial charge in [0.05, 0.1) is 6.61 Å². The zero-order valence-electron chi connectivity index (χ0n) is 11.5. The zero-order chi connectivity index (χ0) is 13.1. The van der Waals surface area contributed by atoms with Crippen LogP contribution >= 0.6 is 0 Å². The van der Waals surface area contributed by atoms with Crippen molar-refractivity contribution in [1.82, 2.24) is 0 Å². The molecule has 0 saturated heterocycles. The molecule has 2 heteroatoms. The zero-order valence-corrected chi connectivity index (χ0v) is 11.5. The van der Waals surface area contributed by atoms with Gasteiger partial charge in [-0.3, -0.25) is 4.79 Å². The molecule has 1 aromatic rings. The van der Waals surface area contributed by atoms with Gasteiger partial charge in [0.1, 0.15) is 11.5 Å². The molecule has 2 nitrogen and oxygen atoms in total. The summed E-state index contributed by atoms with van der Waals surface area (Å²) in [7, 11) is 0. The van der Waals surface area contributed by atoms with Gasteiger partial charge in [0.25, 0.3) is 0 Å². The quantitative estimate of drug-likeness (QED) is 0.823. The molecule has 1 saturated carbocycles. The summed E-state index contributed by atoms with van der Waals surface area (Å²) in [5.41, 5.74) is 2.95. The van der Waals surface area contributed by atoms with Gasteiger partial charge in [-0.2, -0.15) is 0 Å². The maximum absolute atomic E-state index is 11.6. The third-order valence-corrected chi connectivity index (χ3v) is 4.49. The van der Waals surface area contributed by atoms with Gasteiger partial charge in [0, 0.05) is 12.3 Å². The standard InChI is InChI=1S/C17H22O2/c18-17-7-3-6-14(17)10-11-19-16-9-8-13-4-1-2-5-15(13)12-16/h8-9,12,14H,1-7,10-11H2. The first-order chi connectivity index (χ1) is 9.33. The van der Waals surface area contributed by atoms with Crippen LogP contribution in [0.15, 0.2) is 18.2 Å². The lowest BCUT2D eigenvalue weighted by Gasteiger charge is -2.17. The SMILES string of the molecule is O=C1CCCC1CCOc1ccc2c(c1)CCCC2. The third-order valence-electron chi connectivity index (χ3n) is 4.49. The summed E-state index contributed by atoms with van der Waals surface area (Å²) in [4.78, 5) is 11.6. The smallest absolute Gasteiger partial charge is 0.136 e. The molecule has 2 aliphatic rings. The van der Waals surface area contributed by atoms with Crippen molar-refractivity contribution in [1.29, 1.82) is 0 Å². The minimum atomic E-state index is 0.262. The van der Waals surface area contributed by atoms with E-state index >= 15 is 0 Å². The van der Waals surface area contributed by atoms with E-state index in [0.29, 0.717) is 12.4 Å². The molecule has 0 aromatic heterocycles. The highest BCUT2D eigenvalue weighted by molar-refractivity contribution is 5.82. The predicted octanol–water partition coefficient (Wildman–Crippen LogP) is 3.70. The molecule has 0 radical (unpaired) electrons. The van der Waals surface area contributed by atoms with Gasteiger partial charge < -0.3 is 4.74 Å². The number of fused-ring (bicyclic) bond motifs is 1. The van der Waals surface area contributed by atoms with E-state index in [0.717, 1.165) is 31.4 Å². The number of hydrogen-bond acceptors (Lipinski definition) is 2. The first kappa shape index (κ1) is 12.7. The summed E-state index contributed by atoms with van der Waals surface area (Å²) < 4.78 is 5.83. The molecule has 1 unspecified atom stereocenters. The van der Waals surface area contributed by atoms with E-state index in [1.165, 1.54) is 36.8 Å². The van der Waals surface area contributed by atoms with Crippen LogP contribution in [0, 0.1) is 5.92 Å². The molecule has 19 heavy (non-hydrogen) atoms. The van der Waals surface area contributed by atoms with Gasteiger partial charge >= 0.3 is 0 Å². The minimum absolute atomic E-state index is 0.262. The van der Waals surface area contributed by atoms with Crippen molar-refractivity contribution < 1.29 is 9.53 Å². The second-order valence-electron chi connectivity index (χ2n) is 5.83. The maximum Gasteiger partial charge on any atom is 0.136 e. The molecule has 3 rings (SSSR count). The molecular formula is C17H22O2. The Balaban J connectivity index is 1.53. The van der Waals surface area contributed by atoms with Crippen LogP contribution in [0.4, 0.5) is 0 Å². The molecule has 0 aliphatic heterocycles. The van der Waals surface area contributed by atoms with Gasteiger partial charge in [-0.25, -0.2) is 0 Å². The number of rotatable bonds is 4. The Morgan fingerprint density at radius 3 is 2.68 bits per heavy atom. The molecule has 0 N–H and O–H groups in total. The topological polar surface area (TPSA) is 26.3 Å². The fourth-order valence-electron chi connectivity index (χ4n) is 3.31. The van der Waals surface area contributed by atoms with Gasteiger partial charge in [-0.1, -0.05) is 6.07 Å². The molecule has 2 aliphatic carbocycles. The second-order valence-corrected chi connectivity index (χ2v) is 5.83. The molecular weight excluding hydrogens is 236 g/mol. The van der Waals surface area contributed by atoms with Crippen molar-refractivity contribution in [3.63, 3.8) is 0 Å². The molecule has 1 fully saturated rings. The van der Waals surface area contributed by atoms with Crippen molar-refractivity contribution >= 4 is 5.78 Å². The van der Waals surface area contributed by atoms with Crippen molar-refractivity contribution in [2.24, 2.45) is 5.92 Å². The fraction of sp³-hybridized carbons (Fsp3) is 0.588. The first-order valence-corrected chi connectivity index (χ1v) is 7.60. The summed E-state index contributed by atoms with van der Waals surface area (Å²) in [5.74, 6) is 1.68. The van der Waals surface area contributed by atoms with Crippen LogP contribution in [0.1, 0.15) is 49.7 Å². The summed E-state index contributed by atoms with van der Waals surface area (Å²) >= 11 is 0. The Kier molecular flexibility index (Phi) is 3.86. The van der Waals surface area contributed by atoms with Crippen molar-refractivity contribution in [2.75, 3.05) is 6.61 Å².